The maximum Gasteiger partial charge on any atom is 0.258 e. The molecule has 0 bridgehead atoms. The average molecular weight is 269 g/mol. The van der Waals surface area contributed by atoms with Crippen molar-refractivity contribution in [2.45, 2.75) is 32.4 Å². The van der Waals surface area contributed by atoms with E-state index in [0.717, 1.165) is 11.3 Å². The molecule has 18 heavy (non-hydrogen) atoms. The molecule has 0 aliphatic heterocycles. The van der Waals surface area contributed by atoms with E-state index in [4.69, 9.17) is 4.74 Å². The molecule has 0 heterocycles. The summed E-state index contributed by atoms with van der Waals surface area (Å²) in [6.07, 6.45) is 0. The fourth-order valence-corrected chi connectivity index (χ4v) is 1.94. The molecule has 1 aromatic rings. The van der Waals surface area contributed by atoms with Crippen LogP contribution in [0.5, 0.6) is 5.75 Å². The fraction of sp³-hybridized carbons (Fsp3) is 0.462. The zero-order valence-corrected chi connectivity index (χ0v) is 12.2. The summed E-state index contributed by atoms with van der Waals surface area (Å²) in [6.45, 7) is 6.58. The Labute approximate surface area is 109 Å². The maximum atomic E-state index is 11.9. The van der Waals surface area contributed by atoms with Crippen LogP contribution in [0, 0.1) is 0 Å². The average Bonchev–Trinajstić information content (AvgIpc) is 2.27. The van der Waals surface area contributed by atoms with Gasteiger partial charge in [-0.2, -0.15) is 4.40 Å². The highest BCUT2D eigenvalue weighted by Gasteiger charge is 2.28. The number of hydrogen-bond acceptors (Lipinski definition) is 3. The van der Waals surface area contributed by atoms with Crippen LogP contribution >= 0.6 is 0 Å². The molecule has 0 atom stereocenters. The van der Waals surface area contributed by atoms with E-state index in [1.807, 2.05) is 0 Å². The number of methoxy groups -OCH3 is 1. The summed E-state index contributed by atoms with van der Waals surface area (Å²) in [7, 11) is -1.92. The Bertz CT molecular complexity index is 537. The van der Waals surface area contributed by atoms with Gasteiger partial charge in [0.15, 0.2) is 0 Å². The first-order valence-corrected chi connectivity index (χ1v) is 7.07. The summed E-state index contributed by atoms with van der Waals surface area (Å²) in [4.78, 5) is 0. The Morgan fingerprint density at radius 1 is 1.17 bits per heavy atom. The number of benzene rings is 1. The van der Waals surface area contributed by atoms with Crippen molar-refractivity contribution in [1.29, 1.82) is 0 Å². The van der Waals surface area contributed by atoms with E-state index in [9.17, 15) is 8.42 Å². The molecular weight excluding hydrogens is 250 g/mol. The van der Waals surface area contributed by atoms with Crippen molar-refractivity contribution in [1.82, 2.24) is 0 Å². The van der Waals surface area contributed by atoms with Gasteiger partial charge in [0.05, 0.1) is 17.6 Å². The number of sulfonamides is 1. The molecule has 4 nitrogen and oxygen atoms in total. The van der Waals surface area contributed by atoms with Crippen LogP contribution in [0.25, 0.3) is 0 Å². The zero-order valence-electron chi connectivity index (χ0n) is 11.4. The first-order chi connectivity index (χ1) is 8.17. The molecular formula is C13H19NO3S. The molecule has 100 valence electrons. The topological polar surface area (TPSA) is 55.7 Å². The van der Waals surface area contributed by atoms with Crippen molar-refractivity contribution < 1.29 is 13.2 Å². The van der Waals surface area contributed by atoms with Crippen LogP contribution in [0.1, 0.15) is 33.3 Å². The van der Waals surface area contributed by atoms with Crippen LogP contribution < -0.4 is 4.74 Å². The third kappa shape index (κ3) is 3.32. The molecule has 0 fully saturated rings. The second-order valence-corrected chi connectivity index (χ2v) is 7.35. The van der Waals surface area contributed by atoms with E-state index in [1.165, 1.54) is 0 Å². The molecule has 0 amide bonds. The highest BCUT2D eigenvalue weighted by Crippen LogP contribution is 2.19. The minimum Gasteiger partial charge on any atom is -0.497 e. The molecule has 0 saturated carbocycles. The van der Waals surface area contributed by atoms with E-state index in [-0.39, 0.29) is 0 Å². The first kappa shape index (κ1) is 14.7. The molecule has 0 radical (unpaired) electrons. The third-order valence-electron chi connectivity index (χ3n) is 2.54. The number of rotatable bonds is 3. The van der Waals surface area contributed by atoms with E-state index in [2.05, 4.69) is 4.40 Å². The zero-order chi connectivity index (χ0) is 14.0. The minimum absolute atomic E-state index is 0.479. The molecule has 0 aromatic heterocycles. The second-order valence-electron chi connectivity index (χ2n) is 4.99. The maximum absolute atomic E-state index is 11.9. The van der Waals surface area contributed by atoms with Crippen molar-refractivity contribution in [3.05, 3.63) is 29.8 Å². The van der Waals surface area contributed by atoms with Crippen LogP contribution in [0.3, 0.4) is 0 Å². The Morgan fingerprint density at radius 2 is 1.67 bits per heavy atom. The highest BCUT2D eigenvalue weighted by molar-refractivity contribution is 7.91. The smallest absolute Gasteiger partial charge is 0.258 e. The molecule has 1 rings (SSSR count). The largest absolute Gasteiger partial charge is 0.497 e. The highest BCUT2D eigenvalue weighted by atomic mass is 32.2. The van der Waals surface area contributed by atoms with Crippen molar-refractivity contribution in [3.63, 3.8) is 0 Å². The first-order valence-electron chi connectivity index (χ1n) is 5.63. The van der Waals surface area contributed by atoms with Gasteiger partial charge in [0, 0.05) is 0 Å². The SMILES string of the molecule is COc1ccc(/C(C)=N/S(=O)(=O)C(C)(C)C)cc1. The van der Waals surface area contributed by atoms with Gasteiger partial charge < -0.3 is 4.74 Å². The summed E-state index contributed by atoms with van der Waals surface area (Å²) < 4.78 is 31.9. The number of nitrogens with zero attached hydrogens (tertiary/aromatic N) is 1. The lowest BCUT2D eigenvalue weighted by Gasteiger charge is -2.15. The van der Waals surface area contributed by atoms with Gasteiger partial charge in [-0.1, -0.05) is 0 Å². The lowest BCUT2D eigenvalue weighted by atomic mass is 10.1. The van der Waals surface area contributed by atoms with E-state index in [1.54, 1.807) is 59.1 Å². The minimum atomic E-state index is -3.50. The third-order valence-corrected chi connectivity index (χ3v) is 4.60. The van der Waals surface area contributed by atoms with Crippen molar-refractivity contribution in [3.8, 4) is 5.75 Å². The predicted octanol–water partition coefficient (Wildman–Crippen LogP) is 2.63. The normalized spacial score (nSPS) is 13.5. The number of hydrogen-bond donors (Lipinski definition) is 0. The Morgan fingerprint density at radius 3 is 2.06 bits per heavy atom. The molecule has 0 N–H and O–H groups in total. The van der Waals surface area contributed by atoms with Crippen LogP contribution in [0.4, 0.5) is 0 Å². The van der Waals surface area contributed by atoms with Crippen molar-refractivity contribution >= 4 is 15.7 Å². The molecule has 0 spiro atoms. The molecule has 0 saturated heterocycles. The van der Waals surface area contributed by atoms with Crippen LogP contribution in [0.2, 0.25) is 0 Å². The fourth-order valence-electron chi connectivity index (χ4n) is 1.20. The van der Waals surface area contributed by atoms with Crippen molar-refractivity contribution in [2.75, 3.05) is 7.11 Å². The predicted molar refractivity (Wildman–Crippen MR) is 73.9 cm³/mol. The summed E-state index contributed by atoms with van der Waals surface area (Å²) in [5, 5.41) is 0. The monoisotopic (exact) mass is 269 g/mol. The molecule has 1 aromatic carbocycles. The number of ether oxygens (including phenoxy) is 1. The van der Waals surface area contributed by atoms with Gasteiger partial charge in [0.2, 0.25) is 0 Å². The second kappa shape index (κ2) is 5.10. The lowest BCUT2D eigenvalue weighted by molar-refractivity contribution is 0.415. The van der Waals surface area contributed by atoms with E-state index >= 15 is 0 Å². The Kier molecular flexibility index (Phi) is 4.16. The molecule has 5 heteroatoms. The molecule has 0 aliphatic carbocycles. The lowest BCUT2D eigenvalue weighted by Crippen LogP contribution is -2.26. The van der Waals surface area contributed by atoms with Gasteiger partial charge in [0.25, 0.3) is 10.0 Å². The molecule has 0 unspecified atom stereocenters. The summed E-state index contributed by atoms with van der Waals surface area (Å²) in [5.74, 6) is 0.727. The van der Waals surface area contributed by atoms with Gasteiger partial charge in [-0.15, -0.1) is 0 Å². The summed E-state index contributed by atoms with van der Waals surface area (Å²) >= 11 is 0. The van der Waals surface area contributed by atoms with E-state index < -0.39 is 14.8 Å². The van der Waals surface area contributed by atoms with Gasteiger partial charge in [-0.3, -0.25) is 0 Å². The Balaban J connectivity index is 3.10. The standard InChI is InChI=1S/C13H19NO3S/c1-10(14-18(15,16)13(2,3)4)11-6-8-12(17-5)9-7-11/h6-9H,1-5H3/b14-10+. The quantitative estimate of drug-likeness (QED) is 0.793. The Hall–Kier alpha value is -1.36. The van der Waals surface area contributed by atoms with Crippen LogP contribution in [-0.4, -0.2) is 26.0 Å². The van der Waals surface area contributed by atoms with E-state index in [0.29, 0.717) is 5.71 Å². The van der Waals surface area contributed by atoms with Gasteiger partial charge >= 0.3 is 0 Å². The molecule has 0 aliphatic rings. The van der Waals surface area contributed by atoms with Gasteiger partial charge in [-0.25, -0.2) is 8.42 Å². The van der Waals surface area contributed by atoms with Crippen molar-refractivity contribution in [2.24, 2.45) is 4.40 Å². The summed E-state index contributed by atoms with van der Waals surface area (Å²) in [6, 6.07) is 7.13. The van der Waals surface area contributed by atoms with Gasteiger partial charge in [0.1, 0.15) is 5.75 Å². The van der Waals surface area contributed by atoms with Crippen LogP contribution in [-0.2, 0) is 10.0 Å². The van der Waals surface area contributed by atoms with Crippen LogP contribution in [0.15, 0.2) is 28.7 Å². The summed E-state index contributed by atoms with van der Waals surface area (Å²) in [5.41, 5.74) is 1.25. The van der Waals surface area contributed by atoms with Gasteiger partial charge in [-0.05, 0) is 57.5 Å².